The van der Waals surface area contributed by atoms with Crippen LogP contribution in [0.4, 0.5) is 18.9 Å². The second-order valence-electron chi connectivity index (χ2n) is 5.03. The van der Waals surface area contributed by atoms with Gasteiger partial charge in [-0.3, -0.25) is 0 Å². The van der Waals surface area contributed by atoms with E-state index < -0.39 is 27.5 Å². The van der Waals surface area contributed by atoms with Crippen LogP contribution in [0.15, 0.2) is 18.2 Å². The van der Waals surface area contributed by atoms with E-state index in [2.05, 4.69) is 5.32 Å². The van der Waals surface area contributed by atoms with Gasteiger partial charge in [0.15, 0.2) is 5.75 Å². The second kappa shape index (κ2) is 6.11. The van der Waals surface area contributed by atoms with Crippen molar-refractivity contribution in [3.63, 3.8) is 0 Å². The van der Waals surface area contributed by atoms with Gasteiger partial charge in [0, 0.05) is 29.8 Å². The van der Waals surface area contributed by atoms with Crippen LogP contribution < -0.4 is 15.8 Å². The largest absolute Gasteiger partial charge is 0.484 e. The van der Waals surface area contributed by atoms with E-state index in [9.17, 15) is 13.2 Å². The summed E-state index contributed by atoms with van der Waals surface area (Å²) in [6, 6.07) is 2.84. The number of fused-ring (bicyclic) bond motifs is 1. The highest BCUT2D eigenvalue weighted by molar-refractivity contribution is 6.39. The van der Waals surface area contributed by atoms with Crippen LogP contribution in [0.3, 0.4) is 0 Å². The Morgan fingerprint density at radius 3 is 2.39 bits per heavy atom. The lowest BCUT2D eigenvalue weighted by atomic mass is 10.0. The summed E-state index contributed by atoms with van der Waals surface area (Å²) in [4.78, 5) is 0. The molecule has 1 aliphatic heterocycles. The molecule has 8 heteroatoms. The quantitative estimate of drug-likeness (QED) is 0.786. The van der Waals surface area contributed by atoms with E-state index in [-0.39, 0.29) is 29.5 Å². The molecule has 0 spiro atoms. The van der Waals surface area contributed by atoms with Gasteiger partial charge in [-0.1, -0.05) is 23.2 Å². The van der Waals surface area contributed by atoms with Crippen LogP contribution in [0.1, 0.15) is 0 Å². The third-order valence-corrected chi connectivity index (χ3v) is 4.24. The summed E-state index contributed by atoms with van der Waals surface area (Å²) in [5.41, 5.74) is 5.80. The van der Waals surface area contributed by atoms with Crippen LogP contribution >= 0.6 is 23.2 Å². The molecule has 0 radical (unpaired) electrons. The first kappa shape index (κ1) is 16.2. The molecule has 3 rings (SSSR count). The van der Waals surface area contributed by atoms with Gasteiger partial charge in [0.2, 0.25) is 0 Å². The van der Waals surface area contributed by atoms with Crippen LogP contribution in [0.2, 0.25) is 10.0 Å². The maximum atomic E-state index is 13.9. The van der Waals surface area contributed by atoms with Crippen molar-refractivity contribution >= 4 is 28.9 Å². The number of anilines is 1. The summed E-state index contributed by atoms with van der Waals surface area (Å²) in [5.74, 6) is -2.43. The van der Waals surface area contributed by atoms with Gasteiger partial charge in [-0.15, -0.1) is 0 Å². The van der Waals surface area contributed by atoms with E-state index >= 15 is 0 Å². The monoisotopic (exact) mass is 362 g/mol. The van der Waals surface area contributed by atoms with E-state index in [0.29, 0.717) is 18.3 Å². The van der Waals surface area contributed by atoms with Crippen molar-refractivity contribution < 1.29 is 17.9 Å². The van der Waals surface area contributed by atoms with Crippen LogP contribution in [0.5, 0.6) is 5.75 Å². The van der Waals surface area contributed by atoms with Crippen LogP contribution in [0.25, 0.3) is 11.1 Å². The first-order valence-corrected chi connectivity index (χ1v) is 7.45. The second-order valence-corrected chi connectivity index (χ2v) is 5.79. The molecule has 0 bridgehead atoms. The highest BCUT2D eigenvalue weighted by Gasteiger charge is 2.27. The molecule has 0 aromatic heterocycles. The number of nitrogens with two attached hydrogens (primary N) is 1. The van der Waals surface area contributed by atoms with Crippen LogP contribution in [-0.4, -0.2) is 19.2 Å². The number of benzene rings is 2. The lowest BCUT2D eigenvalue weighted by Crippen LogP contribution is -2.37. The minimum absolute atomic E-state index is 0.0547. The van der Waals surface area contributed by atoms with E-state index in [1.54, 1.807) is 0 Å². The molecule has 122 valence electrons. The molecule has 0 saturated carbocycles. The molecule has 3 nitrogen and oxygen atoms in total. The number of nitrogens with one attached hydrogen (secondary N) is 1. The fourth-order valence-electron chi connectivity index (χ4n) is 2.41. The molecular weight excluding hydrogens is 352 g/mol. The van der Waals surface area contributed by atoms with Crippen LogP contribution in [-0.2, 0) is 0 Å². The first-order chi connectivity index (χ1) is 10.9. The molecule has 0 aliphatic carbocycles. The minimum atomic E-state index is -0.999. The van der Waals surface area contributed by atoms with Gasteiger partial charge >= 0.3 is 0 Å². The van der Waals surface area contributed by atoms with Crippen molar-refractivity contribution in [3.05, 3.63) is 45.7 Å². The Morgan fingerprint density at radius 1 is 1.13 bits per heavy atom. The van der Waals surface area contributed by atoms with Crippen molar-refractivity contribution in [3.8, 4) is 16.9 Å². The molecular formula is C15H11Cl2F3N2O. The number of halogens is 5. The van der Waals surface area contributed by atoms with Gasteiger partial charge in [0.05, 0.1) is 22.3 Å². The number of hydrogen-bond donors (Lipinski definition) is 2. The molecule has 1 aliphatic rings. The fourth-order valence-corrected chi connectivity index (χ4v) is 2.96. The summed E-state index contributed by atoms with van der Waals surface area (Å²) < 4.78 is 47.1. The summed E-state index contributed by atoms with van der Waals surface area (Å²) in [7, 11) is 0. The van der Waals surface area contributed by atoms with Crippen molar-refractivity contribution in [1.82, 2.24) is 0 Å². The number of rotatable bonds is 2. The summed E-state index contributed by atoms with van der Waals surface area (Å²) >= 11 is 11.8. The van der Waals surface area contributed by atoms with E-state index in [1.807, 2.05) is 0 Å². The summed E-state index contributed by atoms with van der Waals surface area (Å²) in [6.07, 6.45) is -0.373. The van der Waals surface area contributed by atoms with Crippen molar-refractivity contribution in [2.45, 2.75) is 6.10 Å². The molecule has 1 atom stereocenters. The SMILES string of the molecule is NC[C@H]1CNc2cc(F)cc(-c3c(Cl)c(F)cc(F)c3Cl)c2O1. The predicted molar refractivity (Wildman–Crippen MR) is 83.7 cm³/mol. The molecule has 0 amide bonds. The number of ether oxygens (including phenoxy) is 1. The molecule has 2 aromatic carbocycles. The first-order valence-electron chi connectivity index (χ1n) is 6.70. The zero-order valence-corrected chi connectivity index (χ0v) is 13.1. The average Bonchev–Trinajstić information content (AvgIpc) is 2.52. The third-order valence-electron chi connectivity index (χ3n) is 3.50. The molecule has 0 saturated heterocycles. The predicted octanol–water partition coefficient (Wildman–Crippen LogP) is 4.21. The highest BCUT2D eigenvalue weighted by Crippen LogP contribution is 2.46. The summed E-state index contributed by atoms with van der Waals surface area (Å²) in [6.45, 7) is 0.591. The Labute approximate surface area is 140 Å². The van der Waals surface area contributed by atoms with Gasteiger partial charge in [-0.2, -0.15) is 0 Å². The fraction of sp³-hybridized carbons (Fsp3) is 0.200. The van der Waals surface area contributed by atoms with Gasteiger partial charge in [0.25, 0.3) is 0 Å². The number of hydrogen-bond acceptors (Lipinski definition) is 3. The van der Waals surface area contributed by atoms with E-state index in [4.69, 9.17) is 33.7 Å². The van der Waals surface area contributed by atoms with Crippen molar-refractivity contribution in [2.24, 2.45) is 5.73 Å². The minimum Gasteiger partial charge on any atom is -0.484 e. The van der Waals surface area contributed by atoms with Crippen LogP contribution in [0, 0.1) is 17.5 Å². The molecule has 0 fully saturated rings. The molecule has 3 N–H and O–H groups in total. The lowest BCUT2D eigenvalue weighted by molar-refractivity contribution is 0.215. The highest BCUT2D eigenvalue weighted by atomic mass is 35.5. The zero-order chi connectivity index (χ0) is 16.7. The molecule has 2 aromatic rings. The normalized spacial score (nSPS) is 16.5. The smallest absolute Gasteiger partial charge is 0.151 e. The average molecular weight is 363 g/mol. The standard InChI is InChI=1S/C15H11Cl2F3N2O/c16-13-9(19)3-10(20)14(17)12(13)8-1-6(18)2-11-15(8)23-7(4-21)5-22-11/h1-3,7,22H,4-5,21H2/t7-/m0/s1. The van der Waals surface area contributed by atoms with Gasteiger partial charge in [-0.25, -0.2) is 13.2 Å². The lowest BCUT2D eigenvalue weighted by Gasteiger charge is -2.29. The van der Waals surface area contributed by atoms with Gasteiger partial charge in [-0.05, 0) is 6.07 Å². The van der Waals surface area contributed by atoms with Crippen molar-refractivity contribution in [2.75, 3.05) is 18.4 Å². The molecule has 1 heterocycles. The Bertz CT molecular complexity index is 760. The van der Waals surface area contributed by atoms with E-state index in [0.717, 1.165) is 6.07 Å². The third kappa shape index (κ3) is 2.82. The maximum Gasteiger partial charge on any atom is 0.151 e. The van der Waals surface area contributed by atoms with Gasteiger partial charge < -0.3 is 15.8 Å². The molecule has 23 heavy (non-hydrogen) atoms. The zero-order valence-electron chi connectivity index (χ0n) is 11.6. The summed E-state index contributed by atoms with van der Waals surface area (Å²) in [5, 5.41) is 2.14. The Balaban J connectivity index is 2.28. The topological polar surface area (TPSA) is 47.3 Å². The van der Waals surface area contributed by atoms with Gasteiger partial charge in [0.1, 0.15) is 23.6 Å². The Hall–Kier alpha value is -1.63. The Kier molecular flexibility index (Phi) is 4.31. The van der Waals surface area contributed by atoms with E-state index in [1.165, 1.54) is 6.07 Å². The van der Waals surface area contributed by atoms with Crippen molar-refractivity contribution in [1.29, 1.82) is 0 Å². The Morgan fingerprint density at radius 2 is 1.78 bits per heavy atom. The molecule has 0 unspecified atom stereocenters. The maximum absolute atomic E-state index is 13.9.